The molecular weight excluding hydrogens is 376 g/mol. The van der Waals surface area contributed by atoms with Crippen molar-refractivity contribution in [1.82, 2.24) is 9.78 Å². The maximum Gasteiger partial charge on any atom is 0.324 e. The van der Waals surface area contributed by atoms with Crippen LogP contribution < -0.4 is 15.4 Å². The minimum Gasteiger partial charge on any atom is -0.489 e. The molecule has 0 saturated heterocycles. The Morgan fingerprint density at radius 2 is 1.57 bits per heavy atom. The van der Waals surface area contributed by atoms with Crippen molar-refractivity contribution >= 4 is 17.5 Å². The number of aryl methyl sites for hydroxylation is 1. The van der Waals surface area contributed by atoms with Gasteiger partial charge in [0.05, 0.1) is 5.69 Å². The molecule has 2 amide bonds. The van der Waals surface area contributed by atoms with Gasteiger partial charge >= 0.3 is 6.03 Å². The first-order valence-corrected chi connectivity index (χ1v) is 9.61. The zero-order valence-corrected chi connectivity index (χ0v) is 16.6. The van der Waals surface area contributed by atoms with Crippen LogP contribution in [0, 0.1) is 0 Å². The highest BCUT2D eigenvalue weighted by Gasteiger charge is 2.10. The molecule has 0 bridgehead atoms. The summed E-state index contributed by atoms with van der Waals surface area (Å²) in [5.41, 5.74) is 3.57. The fourth-order valence-electron chi connectivity index (χ4n) is 2.99. The molecule has 0 aliphatic heterocycles. The van der Waals surface area contributed by atoms with Crippen molar-refractivity contribution in [3.8, 4) is 17.0 Å². The van der Waals surface area contributed by atoms with Gasteiger partial charge in [-0.25, -0.2) is 4.79 Å². The minimum absolute atomic E-state index is 0.337. The quantitative estimate of drug-likeness (QED) is 0.462. The Bertz CT molecular complexity index is 1110. The second-order valence-electron chi connectivity index (χ2n) is 6.78. The van der Waals surface area contributed by atoms with Crippen LogP contribution in [-0.4, -0.2) is 15.8 Å². The minimum atomic E-state index is -0.337. The van der Waals surface area contributed by atoms with Gasteiger partial charge < -0.3 is 10.1 Å². The third-order valence-corrected chi connectivity index (χ3v) is 4.55. The number of benzene rings is 3. The van der Waals surface area contributed by atoms with Crippen LogP contribution in [0.15, 0.2) is 91.0 Å². The van der Waals surface area contributed by atoms with Crippen LogP contribution in [0.3, 0.4) is 0 Å². The second kappa shape index (κ2) is 8.96. The normalized spacial score (nSPS) is 10.4. The molecule has 4 aromatic rings. The van der Waals surface area contributed by atoms with Crippen LogP contribution in [0.5, 0.6) is 5.75 Å². The molecule has 1 heterocycles. The molecule has 6 heteroatoms. The molecule has 0 radical (unpaired) electrons. The second-order valence-corrected chi connectivity index (χ2v) is 6.78. The Kier molecular flexibility index (Phi) is 5.75. The summed E-state index contributed by atoms with van der Waals surface area (Å²) in [6.45, 7) is 0.498. The standard InChI is InChI=1S/C24H22N4O2/c1-28-23(16-22(27-28)19-10-6-3-7-11-19)26-24(29)25-20-12-14-21(15-13-20)30-17-18-8-4-2-5-9-18/h2-16H,17H2,1H3,(H2,25,26,29). The van der Waals surface area contributed by atoms with Crippen molar-refractivity contribution in [2.24, 2.45) is 7.05 Å². The van der Waals surface area contributed by atoms with E-state index >= 15 is 0 Å². The number of carbonyl (C=O) groups is 1. The highest BCUT2D eigenvalue weighted by Crippen LogP contribution is 2.21. The Morgan fingerprint density at radius 1 is 0.900 bits per heavy atom. The molecule has 0 unspecified atom stereocenters. The predicted molar refractivity (Wildman–Crippen MR) is 119 cm³/mol. The number of amides is 2. The van der Waals surface area contributed by atoms with Crippen molar-refractivity contribution in [3.63, 3.8) is 0 Å². The van der Waals surface area contributed by atoms with E-state index in [0.29, 0.717) is 18.1 Å². The van der Waals surface area contributed by atoms with Crippen molar-refractivity contribution < 1.29 is 9.53 Å². The lowest BCUT2D eigenvalue weighted by atomic mass is 10.2. The molecule has 6 nitrogen and oxygen atoms in total. The van der Waals surface area contributed by atoms with Gasteiger partial charge in [0.25, 0.3) is 0 Å². The van der Waals surface area contributed by atoms with Crippen molar-refractivity contribution in [3.05, 3.63) is 96.6 Å². The Morgan fingerprint density at radius 3 is 2.27 bits per heavy atom. The van der Waals surface area contributed by atoms with Crippen LogP contribution in [0.2, 0.25) is 0 Å². The van der Waals surface area contributed by atoms with Gasteiger partial charge in [-0.1, -0.05) is 60.7 Å². The smallest absolute Gasteiger partial charge is 0.324 e. The zero-order valence-electron chi connectivity index (χ0n) is 16.6. The molecule has 3 aromatic carbocycles. The van der Waals surface area contributed by atoms with Crippen molar-refractivity contribution in [2.45, 2.75) is 6.61 Å². The number of urea groups is 1. The third-order valence-electron chi connectivity index (χ3n) is 4.55. The van der Waals surface area contributed by atoms with Crippen LogP contribution in [-0.2, 0) is 13.7 Å². The first-order chi connectivity index (χ1) is 14.7. The summed E-state index contributed by atoms with van der Waals surface area (Å²) in [6, 6.07) is 28.6. The maximum absolute atomic E-state index is 12.4. The van der Waals surface area contributed by atoms with Gasteiger partial charge in [-0.2, -0.15) is 5.10 Å². The number of ether oxygens (including phenoxy) is 1. The van der Waals surface area contributed by atoms with Gasteiger partial charge in [0.15, 0.2) is 0 Å². The monoisotopic (exact) mass is 398 g/mol. The number of hydrogen-bond acceptors (Lipinski definition) is 3. The molecular formula is C24H22N4O2. The topological polar surface area (TPSA) is 68.2 Å². The summed E-state index contributed by atoms with van der Waals surface area (Å²) in [6.07, 6.45) is 0. The summed E-state index contributed by atoms with van der Waals surface area (Å²) in [5, 5.41) is 10.1. The Balaban J connectivity index is 1.33. The first-order valence-electron chi connectivity index (χ1n) is 9.61. The average Bonchev–Trinajstić information content (AvgIpc) is 3.14. The molecule has 30 heavy (non-hydrogen) atoms. The lowest BCUT2D eigenvalue weighted by molar-refractivity contribution is 0.262. The highest BCUT2D eigenvalue weighted by molar-refractivity contribution is 5.99. The van der Waals surface area contributed by atoms with E-state index < -0.39 is 0 Å². The van der Waals surface area contributed by atoms with Crippen LogP contribution >= 0.6 is 0 Å². The van der Waals surface area contributed by atoms with E-state index in [1.807, 2.05) is 78.9 Å². The van der Waals surface area contributed by atoms with E-state index in [1.54, 1.807) is 23.9 Å². The number of hydrogen-bond donors (Lipinski definition) is 2. The zero-order chi connectivity index (χ0) is 20.8. The van der Waals surface area contributed by atoms with Crippen LogP contribution in [0.25, 0.3) is 11.3 Å². The summed E-state index contributed by atoms with van der Waals surface area (Å²) in [4.78, 5) is 12.4. The number of rotatable bonds is 6. The molecule has 0 fully saturated rings. The molecule has 0 aliphatic carbocycles. The molecule has 4 rings (SSSR count). The fourth-order valence-corrected chi connectivity index (χ4v) is 2.99. The molecule has 1 aromatic heterocycles. The van der Waals surface area contributed by atoms with Gasteiger partial charge in [0, 0.05) is 24.4 Å². The molecule has 0 aliphatic rings. The van der Waals surface area contributed by atoms with Gasteiger partial charge in [0.1, 0.15) is 18.2 Å². The van der Waals surface area contributed by atoms with E-state index in [1.165, 1.54) is 0 Å². The summed E-state index contributed by atoms with van der Waals surface area (Å²) >= 11 is 0. The third kappa shape index (κ3) is 4.86. The van der Waals surface area contributed by atoms with E-state index in [-0.39, 0.29) is 6.03 Å². The van der Waals surface area contributed by atoms with Crippen molar-refractivity contribution in [1.29, 1.82) is 0 Å². The van der Waals surface area contributed by atoms with Gasteiger partial charge in [-0.05, 0) is 29.8 Å². The number of carbonyl (C=O) groups excluding carboxylic acids is 1. The largest absolute Gasteiger partial charge is 0.489 e. The van der Waals surface area contributed by atoms with E-state index in [2.05, 4.69) is 15.7 Å². The van der Waals surface area contributed by atoms with Gasteiger partial charge in [-0.15, -0.1) is 0 Å². The summed E-state index contributed by atoms with van der Waals surface area (Å²) in [5.74, 6) is 1.35. The fraction of sp³-hybridized carbons (Fsp3) is 0.0833. The number of anilines is 2. The molecule has 0 atom stereocenters. The maximum atomic E-state index is 12.4. The first kappa shape index (κ1) is 19.3. The van der Waals surface area contributed by atoms with E-state index in [0.717, 1.165) is 22.6 Å². The predicted octanol–water partition coefficient (Wildman–Crippen LogP) is 5.31. The van der Waals surface area contributed by atoms with Gasteiger partial charge in [-0.3, -0.25) is 10.00 Å². The number of nitrogens with zero attached hydrogens (tertiary/aromatic N) is 2. The summed E-state index contributed by atoms with van der Waals surface area (Å²) < 4.78 is 7.41. The highest BCUT2D eigenvalue weighted by atomic mass is 16.5. The molecule has 0 spiro atoms. The SMILES string of the molecule is Cn1nc(-c2ccccc2)cc1NC(=O)Nc1ccc(OCc2ccccc2)cc1. The lowest BCUT2D eigenvalue weighted by Gasteiger charge is -2.09. The summed E-state index contributed by atoms with van der Waals surface area (Å²) in [7, 11) is 1.79. The lowest BCUT2D eigenvalue weighted by Crippen LogP contribution is -2.20. The Hall–Kier alpha value is -4.06. The van der Waals surface area contributed by atoms with E-state index in [9.17, 15) is 4.79 Å². The van der Waals surface area contributed by atoms with Gasteiger partial charge in [0.2, 0.25) is 0 Å². The van der Waals surface area contributed by atoms with Crippen LogP contribution in [0.4, 0.5) is 16.3 Å². The molecule has 0 saturated carbocycles. The average molecular weight is 398 g/mol. The number of nitrogens with one attached hydrogen (secondary N) is 2. The van der Waals surface area contributed by atoms with Crippen LogP contribution in [0.1, 0.15) is 5.56 Å². The number of aromatic nitrogens is 2. The van der Waals surface area contributed by atoms with E-state index in [4.69, 9.17) is 4.74 Å². The molecule has 2 N–H and O–H groups in total. The Labute approximate surface area is 175 Å². The van der Waals surface area contributed by atoms with Crippen molar-refractivity contribution in [2.75, 3.05) is 10.6 Å². The molecule has 150 valence electrons.